The number of carbonyl (C=O) groups excluding carboxylic acids is 2. The lowest BCUT2D eigenvalue weighted by molar-refractivity contribution is -0.114. The van der Waals surface area contributed by atoms with Crippen LogP contribution >= 0.6 is 0 Å². The molecule has 2 aromatic carbocycles. The zero-order valence-electron chi connectivity index (χ0n) is 20.9. The second kappa shape index (κ2) is 10.6. The average molecular weight is 526 g/mol. The highest BCUT2D eigenvalue weighted by Crippen LogP contribution is 2.23. The number of likely N-dealkylation sites (tertiary alicyclic amines) is 1. The maximum absolute atomic E-state index is 13.1. The van der Waals surface area contributed by atoms with Crippen molar-refractivity contribution >= 4 is 38.6 Å². The fraction of sp³-hybridized carbons (Fsp3) is 0.423. The molecule has 0 bridgehead atoms. The van der Waals surface area contributed by atoms with Gasteiger partial charge in [-0.1, -0.05) is 0 Å². The van der Waals surface area contributed by atoms with Crippen LogP contribution in [0.4, 0.5) is 5.69 Å². The second-order valence-electron chi connectivity index (χ2n) is 9.53. The number of piperazine rings is 1. The number of oxazole rings is 1. The maximum atomic E-state index is 13.1. The monoisotopic (exact) mass is 525 g/mol. The summed E-state index contributed by atoms with van der Waals surface area (Å²) in [5.74, 6) is 0.368. The van der Waals surface area contributed by atoms with E-state index in [1.807, 2.05) is 4.90 Å². The van der Waals surface area contributed by atoms with Gasteiger partial charge in [0.05, 0.1) is 11.4 Å². The molecule has 2 aliphatic rings. The van der Waals surface area contributed by atoms with E-state index in [9.17, 15) is 18.0 Å². The summed E-state index contributed by atoms with van der Waals surface area (Å²) in [6.45, 7) is 5.25. The molecule has 1 N–H and O–H groups in total. The van der Waals surface area contributed by atoms with Crippen molar-refractivity contribution in [3.63, 3.8) is 0 Å². The minimum Gasteiger partial charge on any atom is -0.439 e. The van der Waals surface area contributed by atoms with Crippen LogP contribution in [0.2, 0.25) is 0 Å². The first-order valence-corrected chi connectivity index (χ1v) is 14.0. The smallest absolute Gasteiger partial charge is 0.253 e. The number of amides is 2. The summed E-state index contributed by atoms with van der Waals surface area (Å²) in [4.78, 5) is 32.8. The van der Waals surface area contributed by atoms with Crippen molar-refractivity contribution in [1.29, 1.82) is 0 Å². The number of nitrogens with zero attached hydrogens (tertiary/aromatic N) is 4. The third-order valence-electron chi connectivity index (χ3n) is 6.82. The Labute approximate surface area is 216 Å². The Bertz CT molecular complexity index is 1390. The fourth-order valence-corrected chi connectivity index (χ4v) is 6.26. The molecule has 2 amide bonds. The fourth-order valence-electron chi connectivity index (χ4n) is 4.84. The average Bonchev–Trinajstić information content (AvgIpc) is 3.30. The molecule has 10 nitrogen and oxygen atoms in total. The van der Waals surface area contributed by atoms with E-state index < -0.39 is 10.0 Å². The molecule has 2 fully saturated rings. The Balaban J connectivity index is 1.19. The van der Waals surface area contributed by atoms with Gasteiger partial charge in [-0.2, -0.15) is 4.31 Å². The molecule has 1 aromatic heterocycles. The molecule has 0 aliphatic carbocycles. The number of sulfonamides is 1. The van der Waals surface area contributed by atoms with E-state index >= 15 is 0 Å². The van der Waals surface area contributed by atoms with Crippen LogP contribution in [0, 0.1) is 0 Å². The van der Waals surface area contributed by atoms with Gasteiger partial charge < -0.3 is 14.6 Å². The third kappa shape index (κ3) is 5.68. The van der Waals surface area contributed by atoms with Crippen molar-refractivity contribution in [2.24, 2.45) is 0 Å². The summed E-state index contributed by atoms with van der Waals surface area (Å²) < 4.78 is 33.5. The van der Waals surface area contributed by atoms with Crippen LogP contribution in [0.25, 0.3) is 11.1 Å². The number of aromatic nitrogens is 1. The van der Waals surface area contributed by atoms with Crippen molar-refractivity contribution in [3.8, 4) is 0 Å². The molecule has 0 saturated carbocycles. The number of piperidine rings is 1. The van der Waals surface area contributed by atoms with Gasteiger partial charge in [0.2, 0.25) is 21.8 Å². The minimum atomic E-state index is -3.63. The number of hydrogen-bond donors (Lipinski definition) is 1. The molecule has 0 spiro atoms. The number of benzene rings is 2. The Hall–Kier alpha value is -3.28. The highest BCUT2D eigenvalue weighted by molar-refractivity contribution is 7.89. The quantitative estimate of drug-likeness (QED) is 0.526. The van der Waals surface area contributed by atoms with E-state index in [2.05, 4.69) is 15.2 Å². The van der Waals surface area contributed by atoms with Gasteiger partial charge >= 0.3 is 0 Å². The van der Waals surface area contributed by atoms with Crippen LogP contribution in [0.15, 0.2) is 51.8 Å². The van der Waals surface area contributed by atoms with Crippen LogP contribution in [-0.2, 0) is 21.4 Å². The van der Waals surface area contributed by atoms with Gasteiger partial charge in [-0.25, -0.2) is 13.4 Å². The van der Waals surface area contributed by atoms with Crippen molar-refractivity contribution in [3.05, 3.63) is 53.9 Å². The van der Waals surface area contributed by atoms with Gasteiger partial charge in [-0.05, 0) is 61.7 Å². The van der Waals surface area contributed by atoms with Crippen LogP contribution in [-0.4, -0.2) is 78.6 Å². The molecule has 11 heteroatoms. The predicted molar refractivity (Wildman–Crippen MR) is 139 cm³/mol. The molecular formula is C26H31N5O5S. The number of rotatable bonds is 6. The summed E-state index contributed by atoms with van der Waals surface area (Å²) in [5, 5.41) is 2.64. The molecule has 196 valence electrons. The Morgan fingerprint density at radius 1 is 0.946 bits per heavy atom. The van der Waals surface area contributed by atoms with E-state index in [0.717, 1.165) is 25.9 Å². The van der Waals surface area contributed by atoms with Gasteiger partial charge in [0, 0.05) is 57.4 Å². The minimum absolute atomic E-state index is 0.0354. The number of nitrogens with one attached hydrogen (secondary N) is 1. The Morgan fingerprint density at radius 2 is 1.65 bits per heavy atom. The van der Waals surface area contributed by atoms with Gasteiger partial charge in [0.15, 0.2) is 5.58 Å². The van der Waals surface area contributed by atoms with Gasteiger partial charge in [-0.3, -0.25) is 14.5 Å². The molecular weight excluding hydrogens is 494 g/mol. The first-order chi connectivity index (χ1) is 17.8. The zero-order chi connectivity index (χ0) is 26.0. The van der Waals surface area contributed by atoms with Gasteiger partial charge in [-0.15, -0.1) is 0 Å². The summed E-state index contributed by atoms with van der Waals surface area (Å²) in [5.41, 5.74) is 2.46. The first kappa shape index (κ1) is 25.4. The maximum Gasteiger partial charge on any atom is 0.253 e. The van der Waals surface area contributed by atoms with E-state index in [1.165, 1.54) is 29.8 Å². The van der Waals surface area contributed by atoms with Crippen molar-refractivity contribution in [1.82, 2.24) is 19.1 Å². The number of carbonyl (C=O) groups is 2. The molecule has 5 rings (SSSR count). The highest BCUT2D eigenvalue weighted by atomic mass is 32.2. The molecule has 37 heavy (non-hydrogen) atoms. The number of hydrogen-bond acceptors (Lipinski definition) is 7. The van der Waals surface area contributed by atoms with Crippen molar-refractivity contribution < 1.29 is 22.4 Å². The van der Waals surface area contributed by atoms with Crippen LogP contribution in [0.1, 0.15) is 42.4 Å². The van der Waals surface area contributed by atoms with Gasteiger partial charge in [0.25, 0.3) is 5.91 Å². The molecule has 2 aliphatic heterocycles. The Morgan fingerprint density at radius 3 is 2.32 bits per heavy atom. The van der Waals surface area contributed by atoms with Crippen LogP contribution in [0.5, 0.6) is 0 Å². The molecule has 0 radical (unpaired) electrons. The molecule has 2 saturated heterocycles. The predicted octanol–water partition coefficient (Wildman–Crippen LogP) is 2.92. The molecule has 3 heterocycles. The summed E-state index contributed by atoms with van der Waals surface area (Å²) >= 11 is 0. The van der Waals surface area contributed by atoms with E-state index in [0.29, 0.717) is 61.0 Å². The molecule has 0 atom stereocenters. The SMILES string of the molecule is CC(=O)Nc1ccc(S(=O)(=O)N2CCN(Cc3nc4cc(C(=O)N5CCCCC5)ccc4o3)CC2)cc1. The van der Waals surface area contributed by atoms with E-state index in [1.54, 1.807) is 30.3 Å². The van der Waals surface area contributed by atoms with Crippen molar-refractivity contribution in [2.75, 3.05) is 44.6 Å². The number of anilines is 1. The van der Waals surface area contributed by atoms with Crippen LogP contribution < -0.4 is 5.32 Å². The third-order valence-corrected chi connectivity index (χ3v) is 8.74. The summed E-state index contributed by atoms with van der Waals surface area (Å²) in [7, 11) is -3.63. The lowest BCUT2D eigenvalue weighted by atomic mass is 10.1. The lowest BCUT2D eigenvalue weighted by Crippen LogP contribution is -2.48. The second-order valence-corrected chi connectivity index (χ2v) is 11.5. The normalized spacial score (nSPS) is 17.7. The molecule has 3 aromatic rings. The highest BCUT2D eigenvalue weighted by Gasteiger charge is 2.29. The van der Waals surface area contributed by atoms with Gasteiger partial charge in [0.1, 0.15) is 5.52 Å². The lowest BCUT2D eigenvalue weighted by Gasteiger charge is -2.33. The largest absolute Gasteiger partial charge is 0.439 e. The van der Waals surface area contributed by atoms with E-state index in [-0.39, 0.29) is 16.7 Å². The van der Waals surface area contributed by atoms with E-state index in [4.69, 9.17) is 4.42 Å². The zero-order valence-corrected chi connectivity index (χ0v) is 21.7. The standard InChI is InChI=1S/C26H31N5O5S/c1-19(32)27-21-6-8-22(9-7-21)37(34,35)31-15-13-29(14-16-31)18-25-28-23-17-20(5-10-24(23)36-25)26(33)30-11-3-2-4-12-30/h5-10,17H,2-4,11-16,18H2,1H3,(H,27,32). The first-order valence-electron chi connectivity index (χ1n) is 12.6. The number of fused-ring (bicyclic) bond motifs is 1. The summed E-state index contributed by atoms with van der Waals surface area (Å²) in [6.07, 6.45) is 3.26. The molecule has 0 unspecified atom stereocenters. The topological polar surface area (TPSA) is 116 Å². The Kier molecular flexibility index (Phi) is 7.27. The summed E-state index contributed by atoms with van der Waals surface area (Å²) in [6, 6.07) is 11.6. The van der Waals surface area contributed by atoms with Crippen molar-refractivity contribution in [2.45, 2.75) is 37.6 Å². The van der Waals surface area contributed by atoms with Crippen LogP contribution in [0.3, 0.4) is 0 Å².